The zero-order chi connectivity index (χ0) is 12.3. The van der Waals surface area contributed by atoms with Crippen molar-refractivity contribution < 1.29 is 4.39 Å². The third kappa shape index (κ3) is 3.39. The molecule has 1 heterocycles. The molecule has 17 heavy (non-hydrogen) atoms. The molecule has 0 radical (unpaired) electrons. The van der Waals surface area contributed by atoms with Gasteiger partial charge in [-0.05, 0) is 65.4 Å². The van der Waals surface area contributed by atoms with Crippen molar-refractivity contribution in [1.29, 1.82) is 0 Å². The van der Waals surface area contributed by atoms with E-state index in [1.165, 1.54) is 15.8 Å². The molecule has 4 heteroatoms. The standard InChI is InChI=1S/C13H12FIN2/c1-9(10-6-11(14)8-16-7-10)17-13-4-2-12(15)3-5-13/h2-9,17H,1H3. The first kappa shape index (κ1) is 12.3. The van der Waals surface area contributed by atoms with Gasteiger partial charge in [-0.15, -0.1) is 0 Å². The minimum atomic E-state index is -0.307. The maximum absolute atomic E-state index is 13.0. The predicted molar refractivity (Wildman–Crippen MR) is 75.4 cm³/mol. The summed E-state index contributed by atoms with van der Waals surface area (Å²) in [5, 5.41) is 3.30. The first-order valence-corrected chi connectivity index (χ1v) is 6.35. The van der Waals surface area contributed by atoms with Crippen molar-refractivity contribution in [3.63, 3.8) is 0 Å². The average molecular weight is 342 g/mol. The number of hydrogen-bond acceptors (Lipinski definition) is 2. The maximum atomic E-state index is 13.0. The van der Waals surface area contributed by atoms with Gasteiger partial charge < -0.3 is 5.32 Å². The van der Waals surface area contributed by atoms with E-state index in [1.807, 2.05) is 31.2 Å². The molecular formula is C13H12FIN2. The molecule has 0 aliphatic carbocycles. The molecule has 0 spiro atoms. The van der Waals surface area contributed by atoms with Gasteiger partial charge in [0.05, 0.1) is 12.2 Å². The highest BCUT2D eigenvalue weighted by Gasteiger charge is 2.06. The molecule has 0 amide bonds. The Morgan fingerprint density at radius 1 is 1.24 bits per heavy atom. The molecule has 0 aliphatic rings. The molecule has 2 aromatic rings. The number of nitrogens with one attached hydrogen (secondary N) is 1. The van der Waals surface area contributed by atoms with E-state index in [1.54, 1.807) is 6.20 Å². The predicted octanol–water partition coefficient (Wildman–Crippen LogP) is 4.00. The van der Waals surface area contributed by atoms with Gasteiger partial charge in [0, 0.05) is 15.5 Å². The second kappa shape index (κ2) is 5.44. The molecule has 1 aromatic heterocycles. The van der Waals surface area contributed by atoms with Crippen molar-refractivity contribution in [2.45, 2.75) is 13.0 Å². The summed E-state index contributed by atoms with van der Waals surface area (Å²) in [5.41, 5.74) is 1.85. The van der Waals surface area contributed by atoms with Gasteiger partial charge in [-0.2, -0.15) is 0 Å². The van der Waals surface area contributed by atoms with Gasteiger partial charge in [-0.25, -0.2) is 4.39 Å². The van der Waals surface area contributed by atoms with E-state index in [2.05, 4.69) is 32.9 Å². The molecule has 2 nitrogen and oxygen atoms in total. The normalized spacial score (nSPS) is 12.2. The molecule has 88 valence electrons. The highest BCUT2D eigenvalue weighted by Crippen LogP contribution is 2.19. The molecule has 1 N–H and O–H groups in total. The van der Waals surface area contributed by atoms with E-state index in [-0.39, 0.29) is 11.9 Å². The Morgan fingerprint density at radius 3 is 2.59 bits per heavy atom. The third-order valence-electron chi connectivity index (χ3n) is 2.45. The number of pyridine rings is 1. The van der Waals surface area contributed by atoms with Crippen LogP contribution in [0.25, 0.3) is 0 Å². The number of rotatable bonds is 3. The average Bonchev–Trinajstić information content (AvgIpc) is 2.32. The fourth-order valence-corrected chi connectivity index (χ4v) is 1.90. The van der Waals surface area contributed by atoms with Gasteiger partial charge in [0.25, 0.3) is 0 Å². The van der Waals surface area contributed by atoms with Crippen molar-refractivity contribution in [2.24, 2.45) is 0 Å². The van der Waals surface area contributed by atoms with Crippen molar-refractivity contribution in [3.8, 4) is 0 Å². The summed E-state index contributed by atoms with van der Waals surface area (Å²) in [6.07, 6.45) is 2.88. The smallest absolute Gasteiger partial charge is 0.141 e. The molecule has 0 bridgehead atoms. The number of halogens is 2. The Balaban J connectivity index is 2.11. The largest absolute Gasteiger partial charge is 0.378 e. The summed E-state index contributed by atoms with van der Waals surface area (Å²) < 4.78 is 14.2. The van der Waals surface area contributed by atoms with Crippen LogP contribution in [0, 0.1) is 9.39 Å². The van der Waals surface area contributed by atoms with E-state index in [0.717, 1.165) is 11.3 Å². The molecule has 1 atom stereocenters. The number of nitrogens with zero attached hydrogens (tertiary/aromatic N) is 1. The zero-order valence-electron chi connectivity index (χ0n) is 9.32. The number of benzene rings is 1. The SMILES string of the molecule is CC(Nc1ccc(I)cc1)c1cncc(F)c1. The van der Waals surface area contributed by atoms with Gasteiger partial charge in [-0.3, -0.25) is 4.98 Å². The Morgan fingerprint density at radius 2 is 1.94 bits per heavy atom. The zero-order valence-corrected chi connectivity index (χ0v) is 11.5. The van der Waals surface area contributed by atoms with Gasteiger partial charge in [0.15, 0.2) is 0 Å². The number of hydrogen-bond donors (Lipinski definition) is 1. The van der Waals surface area contributed by atoms with E-state index in [9.17, 15) is 4.39 Å². The lowest BCUT2D eigenvalue weighted by Crippen LogP contribution is -2.07. The highest BCUT2D eigenvalue weighted by atomic mass is 127. The Hall–Kier alpha value is -1.17. The summed E-state index contributed by atoms with van der Waals surface area (Å²) in [5.74, 6) is -0.307. The van der Waals surface area contributed by atoms with Gasteiger partial charge in [0.1, 0.15) is 5.82 Å². The summed E-state index contributed by atoms with van der Waals surface area (Å²) in [7, 11) is 0. The van der Waals surface area contributed by atoms with E-state index in [4.69, 9.17) is 0 Å². The summed E-state index contributed by atoms with van der Waals surface area (Å²) >= 11 is 2.26. The number of aromatic nitrogens is 1. The van der Waals surface area contributed by atoms with Crippen molar-refractivity contribution in [1.82, 2.24) is 4.98 Å². The van der Waals surface area contributed by atoms with Crippen molar-refractivity contribution in [3.05, 3.63) is 57.7 Å². The van der Waals surface area contributed by atoms with Gasteiger partial charge >= 0.3 is 0 Å². The first-order valence-electron chi connectivity index (χ1n) is 5.28. The molecule has 1 aromatic carbocycles. The second-order valence-electron chi connectivity index (χ2n) is 3.81. The lowest BCUT2D eigenvalue weighted by atomic mass is 10.1. The lowest BCUT2D eigenvalue weighted by molar-refractivity contribution is 0.616. The fraction of sp³-hybridized carbons (Fsp3) is 0.154. The van der Waals surface area contributed by atoms with Crippen molar-refractivity contribution in [2.75, 3.05) is 5.32 Å². The van der Waals surface area contributed by atoms with Crippen LogP contribution in [-0.2, 0) is 0 Å². The minimum Gasteiger partial charge on any atom is -0.378 e. The highest BCUT2D eigenvalue weighted by molar-refractivity contribution is 14.1. The molecule has 0 saturated heterocycles. The van der Waals surface area contributed by atoms with Crippen LogP contribution >= 0.6 is 22.6 Å². The third-order valence-corrected chi connectivity index (χ3v) is 3.17. The Labute approximate surface area is 113 Å². The molecule has 0 aliphatic heterocycles. The van der Waals surface area contributed by atoms with Crippen LogP contribution in [0.3, 0.4) is 0 Å². The van der Waals surface area contributed by atoms with Crippen LogP contribution in [0.4, 0.5) is 10.1 Å². The van der Waals surface area contributed by atoms with E-state index in [0.29, 0.717) is 0 Å². The van der Waals surface area contributed by atoms with Gasteiger partial charge in [-0.1, -0.05) is 0 Å². The van der Waals surface area contributed by atoms with Crippen LogP contribution in [0.2, 0.25) is 0 Å². The molecule has 2 rings (SSSR count). The lowest BCUT2D eigenvalue weighted by Gasteiger charge is -2.15. The molecule has 1 unspecified atom stereocenters. The maximum Gasteiger partial charge on any atom is 0.141 e. The van der Waals surface area contributed by atoms with Gasteiger partial charge in [0.2, 0.25) is 0 Å². The Kier molecular flexibility index (Phi) is 3.93. The summed E-state index contributed by atoms with van der Waals surface area (Å²) in [6.45, 7) is 1.98. The quantitative estimate of drug-likeness (QED) is 0.853. The minimum absolute atomic E-state index is 0.0262. The summed E-state index contributed by atoms with van der Waals surface area (Å²) in [6, 6.07) is 9.59. The van der Waals surface area contributed by atoms with Crippen LogP contribution in [0.5, 0.6) is 0 Å². The monoisotopic (exact) mass is 342 g/mol. The Bertz CT molecular complexity index is 499. The molecule has 0 fully saturated rings. The summed E-state index contributed by atoms with van der Waals surface area (Å²) in [4.78, 5) is 3.84. The van der Waals surface area contributed by atoms with Crippen LogP contribution in [0.1, 0.15) is 18.5 Å². The van der Waals surface area contributed by atoms with Crippen molar-refractivity contribution >= 4 is 28.3 Å². The van der Waals surface area contributed by atoms with E-state index >= 15 is 0 Å². The molecule has 0 saturated carbocycles. The topological polar surface area (TPSA) is 24.9 Å². The van der Waals surface area contributed by atoms with Crippen LogP contribution < -0.4 is 5.32 Å². The van der Waals surface area contributed by atoms with E-state index < -0.39 is 0 Å². The molecular weight excluding hydrogens is 330 g/mol. The first-order chi connectivity index (χ1) is 8.15. The van der Waals surface area contributed by atoms with Crippen LogP contribution in [-0.4, -0.2) is 4.98 Å². The fourth-order valence-electron chi connectivity index (χ4n) is 1.54. The second-order valence-corrected chi connectivity index (χ2v) is 5.06. The number of anilines is 1. The van der Waals surface area contributed by atoms with Crippen LogP contribution in [0.15, 0.2) is 42.7 Å².